The zero-order valence-corrected chi connectivity index (χ0v) is 19.9. The Morgan fingerprint density at radius 3 is 2.06 bits per heavy atom. The monoisotopic (exact) mass is 489 g/mol. The van der Waals surface area contributed by atoms with Crippen LogP contribution in [0.3, 0.4) is 0 Å². The van der Waals surface area contributed by atoms with Crippen LogP contribution in [0.1, 0.15) is 51.4 Å². The third-order valence-corrected chi connectivity index (χ3v) is 4.83. The second-order valence-corrected chi connectivity index (χ2v) is 7.94. The fourth-order valence-corrected chi connectivity index (χ4v) is 3.02. The van der Waals surface area contributed by atoms with Crippen LogP contribution in [-0.2, 0) is 14.3 Å². The normalized spacial score (nSPS) is 13.3. The quantitative estimate of drug-likeness (QED) is 0.0576. The molecule has 14 nitrogen and oxygen atoms in total. The van der Waals surface area contributed by atoms with Gasteiger partial charge in [-0.05, 0) is 58.0 Å². The van der Waals surface area contributed by atoms with E-state index < -0.39 is 36.2 Å². The Morgan fingerprint density at radius 1 is 0.824 bits per heavy atom. The molecule has 0 aromatic carbocycles. The third kappa shape index (κ3) is 17.7. The molecule has 0 heterocycles. The molecule has 0 saturated carbocycles. The van der Waals surface area contributed by atoms with Gasteiger partial charge in [0.05, 0.1) is 6.04 Å². The van der Waals surface area contributed by atoms with Gasteiger partial charge in [0.25, 0.3) is 0 Å². The van der Waals surface area contributed by atoms with Crippen LogP contribution in [0.25, 0.3) is 0 Å². The minimum atomic E-state index is -0.937. The number of hydrogen-bond acceptors (Lipinski definition) is 9. The Balaban J connectivity index is 4.77. The van der Waals surface area contributed by atoms with Crippen LogP contribution in [0.5, 0.6) is 0 Å². The molecule has 0 aliphatic heterocycles. The number of nitrogens with two attached hydrogens (primary N) is 5. The first-order valence-corrected chi connectivity index (χ1v) is 11.6. The van der Waals surface area contributed by atoms with Gasteiger partial charge >= 0.3 is 12.2 Å². The summed E-state index contributed by atoms with van der Waals surface area (Å²) in [6, 6.07) is -1.74. The van der Waals surface area contributed by atoms with Gasteiger partial charge in [-0.1, -0.05) is 6.42 Å². The molecule has 14 N–H and O–H groups in total. The molecule has 0 aromatic rings. The number of guanidine groups is 1. The summed E-state index contributed by atoms with van der Waals surface area (Å²) in [5.41, 5.74) is 27.2. The van der Waals surface area contributed by atoms with Crippen LogP contribution in [0.2, 0.25) is 0 Å². The molecule has 3 atom stereocenters. The number of nitrogens with one attached hydrogen (secondary N) is 4. The minimum Gasteiger partial charge on any atom is -0.448 e. The van der Waals surface area contributed by atoms with E-state index in [1.807, 2.05) is 0 Å². The molecule has 3 amide bonds. The summed E-state index contributed by atoms with van der Waals surface area (Å²) in [6.07, 6.45) is 3.15. The molecule has 0 rings (SSSR count). The zero-order valence-electron chi connectivity index (χ0n) is 19.9. The van der Waals surface area contributed by atoms with Crippen molar-refractivity contribution >= 4 is 24.1 Å². The lowest BCUT2D eigenvalue weighted by Gasteiger charge is -2.23. The Labute approximate surface area is 200 Å². The van der Waals surface area contributed by atoms with Gasteiger partial charge in [-0.25, -0.2) is 9.59 Å². The lowest BCUT2D eigenvalue weighted by atomic mass is 10.1. The number of rotatable bonds is 19. The fraction of sp³-hybridized carbons (Fsp3) is 0.800. The SMILES string of the molecule is N=C(N)NCCCC(N)COC(=O)NC(CCCCN)C(=O)NC(CCCCN)COC(N)=O. The molecule has 0 fully saturated rings. The minimum absolute atomic E-state index is 0.0305. The highest BCUT2D eigenvalue weighted by molar-refractivity contribution is 5.85. The summed E-state index contributed by atoms with van der Waals surface area (Å²) in [6.45, 7) is 1.34. The molecular formula is C20H43N9O5. The Kier molecular flexibility index (Phi) is 18.0. The number of unbranched alkanes of at least 4 members (excludes halogenated alkanes) is 2. The van der Waals surface area contributed by atoms with Crippen molar-refractivity contribution in [1.29, 1.82) is 5.41 Å². The van der Waals surface area contributed by atoms with Crippen molar-refractivity contribution in [3.8, 4) is 0 Å². The predicted octanol–water partition coefficient (Wildman–Crippen LogP) is -1.49. The number of hydrogen-bond donors (Lipinski definition) is 9. The summed E-state index contributed by atoms with van der Waals surface area (Å²) in [5, 5.41) is 15.1. The van der Waals surface area contributed by atoms with Crippen LogP contribution < -0.4 is 44.6 Å². The Hall–Kier alpha value is -2.84. The van der Waals surface area contributed by atoms with Crippen LogP contribution in [0.4, 0.5) is 9.59 Å². The lowest BCUT2D eigenvalue weighted by molar-refractivity contribution is -0.124. The van der Waals surface area contributed by atoms with Crippen molar-refractivity contribution in [2.45, 2.75) is 69.5 Å². The number of carbonyl (C=O) groups is 3. The smallest absolute Gasteiger partial charge is 0.407 e. The van der Waals surface area contributed by atoms with Crippen molar-refractivity contribution in [1.82, 2.24) is 16.0 Å². The first kappa shape index (κ1) is 31.2. The van der Waals surface area contributed by atoms with E-state index in [-0.39, 0.29) is 19.2 Å². The molecule has 0 bridgehead atoms. The van der Waals surface area contributed by atoms with Gasteiger partial charge in [0, 0.05) is 12.6 Å². The molecule has 0 aliphatic rings. The molecule has 198 valence electrons. The Bertz CT molecular complexity index is 609. The van der Waals surface area contributed by atoms with E-state index in [1.165, 1.54) is 0 Å². The molecule has 34 heavy (non-hydrogen) atoms. The zero-order chi connectivity index (χ0) is 25.8. The van der Waals surface area contributed by atoms with Gasteiger partial charge in [-0.2, -0.15) is 0 Å². The number of primary amides is 1. The van der Waals surface area contributed by atoms with Crippen molar-refractivity contribution in [2.24, 2.45) is 28.7 Å². The van der Waals surface area contributed by atoms with Crippen LogP contribution in [0, 0.1) is 5.41 Å². The van der Waals surface area contributed by atoms with Gasteiger partial charge in [0.2, 0.25) is 5.91 Å². The van der Waals surface area contributed by atoms with Crippen LogP contribution in [-0.4, -0.2) is 75.0 Å². The summed E-state index contributed by atoms with van der Waals surface area (Å²) in [7, 11) is 0. The number of ether oxygens (including phenoxy) is 2. The fourth-order valence-electron chi connectivity index (χ4n) is 3.02. The van der Waals surface area contributed by atoms with E-state index in [9.17, 15) is 14.4 Å². The number of amides is 3. The van der Waals surface area contributed by atoms with Gasteiger partial charge in [0.15, 0.2) is 5.96 Å². The average molecular weight is 490 g/mol. The summed E-state index contributed by atoms with van der Waals surface area (Å²) < 4.78 is 10.0. The molecular weight excluding hydrogens is 446 g/mol. The standard InChI is InChI=1S/C20H43N9O5/c21-9-3-1-7-15(13-33-19(26)31)28-17(30)16(8-2-4-10-22)29-20(32)34-12-14(23)6-5-11-27-18(24)25/h14-16H,1-13,21-23H2,(H2,26,31)(H,28,30)(H,29,32)(H4,24,25,27). The highest BCUT2D eigenvalue weighted by Crippen LogP contribution is 2.06. The molecule has 0 aromatic heterocycles. The van der Waals surface area contributed by atoms with Gasteiger partial charge in [0.1, 0.15) is 19.3 Å². The Morgan fingerprint density at radius 2 is 1.47 bits per heavy atom. The van der Waals surface area contributed by atoms with E-state index in [1.54, 1.807) is 0 Å². The van der Waals surface area contributed by atoms with E-state index in [4.69, 9.17) is 43.6 Å². The number of carbonyl (C=O) groups excluding carboxylic acids is 3. The topological polar surface area (TPSA) is 260 Å². The largest absolute Gasteiger partial charge is 0.448 e. The van der Waals surface area contributed by atoms with Gasteiger partial charge < -0.3 is 54.1 Å². The molecule has 3 unspecified atom stereocenters. The van der Waals surface area contributed by atoms with Crippen LogP contribution >= 0.6 is 0 Å². The van der Waals surface area contributed by atoms with Crippen molar-refractivity contribution in [3.63, 3.8) is 0 Å². The second kappa shape index (κ2) is 19.6. The highest BCUT2D eigenvalue weighted by atomic mass is 16.6. The molecule has 0 spiro atoms. The summed E-state index contributed by atoms with van der Waals surface area (Å²) >= 11 is 0. The van der Waals surface area contributed by atoms with Crippen molar-refractivity contribution in [3.05, 3.63) is 0 Å². The second-order valence-electron chi connectivity index (χ2n) is 7.94. The molecule has 14 heteroatoms. The average Bonchev–Trinajstić information content (AvgIpc) is 2.78. The molecule has 0 saturated heterocycles. The lowest BCUT2D eigenvalue weighted by Crippen LogP contribution is -2.51. The molecule has 0 radical (unpaired) electrons. The number of alkyl carbamates (subject to hydrolysis) is 1. The maximum atomic E-state index is 12.9. The summed E-state index contributed by atoms with van der Waals surface area (Å²) in [4.78, 5) is 36.1. The van der Waals surface area contributed by atoms with Crippen molar-refractivity contribution < 1.29 is 23.9 Å². The third-order valence-electron chi connectivity index (χ3n) is 4.83. The van der Waals surface area contributed by atoms with Crippen molar-refractivity contribution in [2.75, 3.05) is 32.8 Å². The van der Waals surface area contributed by atoms with Gasteiger partial charge in [-0.15, -0.1) is 0 Å². The van der Waals surface area contributed by atoms with Crippen LogP contribution in [0.15, 0.2) is 0 Å². The van der Waals surface area contributed by atoms with E-state index in [0.29, 0.717) is 58.2 Å². The first-order chi connectivity index (χ1) is 16.2. The first-order valence-electron chi connectivity index (χ1n) is 11.6. The maximum absolute atomic E-state index is 12.9. The summed E-state index contributed by atoms with van der Waals surface area (Å²) in [5.74, 6) is -0.551. The van der Waals surface area contributed by atoms with E-state index in [2.05, 4.69) is 16.0 Å². The maximum Gasteiger partial charge on any atom is 0.407 e. The van der Waals surface area contributed by atoms with E-state index >= 15 is 0 Å². The highest BCUT2D eigenvalue weighted by Gasteiger charge is 2.24. The van der Waals surface area contributed by atoms with E-state index in [0.717, 1.165) is 12.8 Å². The predicted molar refractivity (Wildman–Crippen MR) is 129 cm³/mol. The van der Waals surface area contributed by atoms with Gasteiger partial charge in [-0.3, -0.25) is 10.2 Å². The molecule has 0 aliphatic carbocycles.